The summed E-state index contributed by atoms with van der Waals surface area (Å²) in [7, 11) is 0. The Kier molecular flexibility index (Phi) is 7.07. The summed E-state index contributed by atoms with van der Waals surface area (Å²) in [6, 6.07) is 27.4. The number of nitrogens with one attached hydrogen (secondary N) is 1. The largest absolute Gasteiger partial charge is 0.507 e. The predicted molar refractivity (Wildman–Crippen MR) is 146 cm³/mol. The molecule has 1 aromatic heterocycles. The predicted octanol–water partition coefficient (Wildman–Crippen LogP) is 6.36. The van der Waals surface area contributed by atoms with Gasteiger partial charge in [-0.2, -0.15) is 0 Å². The van der Waals surface area contributed by atoms with Gasteiger partial charge in [0.2, 0.25) is 5.91 Å². The lowest BCUT2D eigenvalue weighted by molar-refractivity contribution is -0.118. The van der Waals surface area contributed by atoms with Gasteiger partial charge in [-0.3, -0.25) is 9.79 Å². The van der Waals surface area contributed by atoms with Crippen molar-refractivity contribution in [2.75, 3.05) is 12.3 Å². The van der Waals surface area contributed by atoms with Crippen LogP contribution in [0.5, 0.6) is 5.75 Å². The molecule has 0 spiro atoms. The van der Waals surface area contributed by atoms with Gasteiger partial charge in [0.15, 0.2) is 4.34 Å². The number of hydrogen-bond donors (Lipinski definition) is 2. The van der Waals surface area contributed by atoms with Gasteiger partial charge in [0.1, 0.15) is 5.75 Å². The number of hydrogen-bond acceptors (Lipinski definition) is 6. The second-order valence-electron chi connectivity index (χ2n) is 7.98. The summed E-state index contributed by atoms with van der Waals surface area (Å²) in [5.41, 5.74) is 3.57. The van der Waals surface area contributed by atoms with Gasteiger partial charge in [-0.1, -0.05) is 72.4 Å². The van der Waals surface area contributed by atoms with E-state index >= 15 is 0 Å². The third-order valence-corrected chi connectivity index (χ3v) is 7.71. The second kappa shape index (κ2) is 10.7. The smallest absolute Gasteiger partial charge is 0.230 e. The Bertz CT molecular complexity index is 1510. The molecule has 35 heavy (non-hydrogen) atoms. The minimum Gasteiger partial charge on any atom is -0.507 e. The van der Waals surface area contributed by atoms with E-state index in [1.807, 2.05) is 66.7 Å². The van der Waals surface area contributed by atoms with E-state index in [2.05, 4.69) is 27.4 Å². The van der Waals surface area contributed by atoms with Crippen molar-refractivity contribution in [3.8, 4) is 5.75 Å². The van der Waals surface area contributed by atoms with Crippen LogP contribution in [0.3, 0.4) is 0 Å². The van der Waals surface area contributed by atoms with Crippen LogP contribution in [0.1, 0.15) is 11.1 Å². The quantitative estimate of drug-likeness (QED) is 0.193. The number of amides is 1. The van der Waals surface area contributed by atoms with Gasteiger partial charge in [0.05, 0.1) is 21.7 Å². The van der Waals surface area contributed by atoms with Crippen LogP contribution >= 0.6 is 23.1 Å². The average molecular weight is 498 g/mol. The first-order chi connectivity index (χ1) is 17.2. The molecule has 0 atom stereocenters. The Labute approximate surface area is 211 Å². The van der Waals surface area contributed by atoms with Crippen LogP contribution in [0, 0.1) is 0 Å². The number of fused-ring (bicyclic) bond motifs is 2. The number of rotatable bonds is 8. The zero-order chi connectivity index (χ0) is 24.0. The molecule has 4 aromatic carbocycles. The number of benzene rings is 4. The topological polar surface area (TPSA) is 74.6 Å². The molecule has 0 aliphatic heterocycles. The van der Waals surface area contributed by atoms with Crippen molar-refractivity contribution in [2.45, 2.75) is 10.8 Å². The lowest BCUT2D eigenvalue weighted by Gasteiger charge is -2.04. The van der Waals surface area contributed by atoms with E-state index in [0.29, 0.717) is 17.9 Å². The van der Waals surface area contributed by atoms with Gasteiger partial charge >= 0.3 is 0 Å². The monoisotopic (exact) mass is 497 g/mol. The van der Waals surface area contributed by atoms with E-state index in [-0.39, 0.29) is 11.7 Å². The molecule has 0 fully saturated rings. The number of thioether (sulfide) groups is 1. The molecule has 0 aliphatic rings. The van der Waals surface area contributed by atoms with Crippen molar-refractivity contribution in [3.05, 3.63) is 96.1 Å². The SMILES string of the molecule is O=C(CSc1nc2ccc(N=Cc3c(O)ccc4ccccc34)cc2s1)NCCc1ccccc1. The highest BCUT2D eigenvalue weighted by molar-refractivity contribution is 8.01. The van der Waals surface area contributed by atoms with E-state index in [1.165, 1.54) is 17.3 Å². The zero-order valence-electron chi connectivity index (χ0n) is 18.8. The number of aromatic hydroxyl groups is 1. The Morgan fingerprint density at radius 1 is 1.03 bits per heavy atom. The molecule has 5 rings (SSSR count). The fraction of sp³-hybridized carbons (Fsp3) is 0.107. The van der Waals surface area contributed by atoms with Gasteiger partial charge in [-0.05, 0) is 47.0 Å². The van der Waals surface area contributed by atoms with Crippen LogP contribution in [-0.4, -0.2) is 34.5 Å². The first-order valence-electron chi connectivity index (χ1n) is 11.2. The lowest BCUT2D eigenvalue weighted by atomic mass is 10.0. The van der Waals surface area contributed by atoms with E-state index in [1.54, 1.807) is 23.6 Å². The fourth-order valence-electron chi connectivity index (χ4n) is 3.76. The van der Waals surface area contributed by atoms with Gasteiger partial charge in [0, 0.05) is 18.3 Å². The zero-order valence-corrected chi connectivity index (χ0v) is 20.5. The highest BCUT2D eigenvalue weighted by Crippen LogP contribution is 2.32. The Hall–Kier alpha value is -3.68. The number of carbonyl (C=O) groups excluding carboxylic acids is 1. The summed E-state index contributed by atoms with van der Waals surface area (Å²) >= 11 is 2.99. The summed E-state index contributed by atoms with van der Waals surface area (Å²) in [5.74, 6) is 0.539. The van der Waals surface area contributed by atoms with Crippen molar-refractivity contribution >= 4 is 61.9 Å². The molecular formula is C28H23N3O2S2. The van der Waals surface area contributed by atoms with E-state index in [0.717, 1.165) is 37.4 Å². The molecule has 0 saturated heterocycles. The van der Waals surface area contributed by atoms with E-state index < -0.39 is 0 Å². The standard InChI is InChI=1S/C28H23N3O2S2/c32-25-13-10-20-8-4-5-9-22(20)23(25)17-30-21-11-12-24-26(16-21)35-28(31-24)34-18-27(33)29-15-14-19-6-2-1-3-7-19/h1-13,16-17,32H,14-15,18H2,(H,29,33). The number of phenols is 1. The number of aliphatic imine (C=N–C) groups is 1. The Morgan fingerprint density at radius 2 is 1.86 bits per heavy atom. The van der Waals surface area contributed by atoms with Gasteiger partial charge in [-0.25, -0.2) is 4.98 Å². The van der Waals surface area contributed by atoms with Crippen molar-refractivity contribution < 1.29 is 9.90 Å². The minimum atomic E-state index is 0.00497. The molecule has 0 aliphatic carbocycles. The maximum absolute atomic E-state index is 12.2. The molecule has 5 aromatic rings. The lowest BCUT2D eigenvalue weighted by Crippen LogP contribution is -2.27. The third kappa shape index (κ3) is 5.70. The summed E-state index contributed by atoms with van der Waals surface area (Å²) in [6.45, 7) is 0.622. The summed E-state index contributed by atoms with van der Waals surface area (Å²) in [5, 5.41) is 15.3. The highest BCUT2D eigenvalue weighted by atomic mass is 32.2. The van der Waals surface area contributed by atoms with Crippen LogP contribution in [-0.2, 0) is 11.2 Å². The van der Waals surface area contributed by atoms with E-state index in [9.17, 15) is 9.90 Å². The van der Waals surface area contributed by atoms with Crippen molar-refractivity contribution in [1.82, 2.24) is 10.3 Å². The molecule has 1 amide bonds. The van der Waals surface area contributed by atoms with Crippen LogP contribution in [0.2, 0.25) is 0 Å². The van der Waals surface area contributed by atoms with Gasteiger partial charge < -0.3 is 10.4 Å². The van der Waals surface area contributed by atoms with Crippen LogP contribution in [0.25, 0.3) is 21.0 Å². The maximum Gasteiger partial charge on any atom is 0.230 e. The third-order valence-electron chi connectivity index (χ3n) is 5.55. The molecule has 1 heterocycles. The molecule has 7 heteroatoms. The Morgan fingerprint density at radius 3 is 2.74 bits per heavy atom. The number of nitrogens with zero attached hydrogens (tertiary/aromatic N) is 2. The highest BCUT2D eigenvalue weighted by Gasteiger charge is 2.09. The molecule has 0 saturated carbocycles. The molecule has 174 valence electrons. The molecule has 5 nitrogen and oxygen atoms in total. The maximum atomic E-state index is 12.2. The normalized spacial score (nSPS) is 11.4. The summed E-state index contributed by atoms with van der Waals surface area (Å²) in [4.78, 5) is 21.5. The molecule has 0 bridgehead atoms. The van der Waals surface area contributed by atoms with Crippen molar-refractivity contribution in [3.63, 3.8) is 0 Å². The van der Waals surface area contributed by atoms with Crippen molar-refractivity contribution in [2.24, 2.45) is 4.99 Å². The van der Waals surface area contributed by atoms with Crippen molar-refractivity contribution in [1.29, 1.82) is 0 Å². The molecular weight excluding hydrogens is 474 g/mol. The minimum absolute atomic E-state index is 0.00497. The van der Waals surface area contributed by atoms with Crippen LogP contribution in [0.15, 0.2) is 94.3 Å². The summed E-state index contributed by atoms with van der Waals surface area (Å²) < 4.78 is 1.86. The van der Waals surface area contributed by atoms with Gasteiger partial charge in [-0.15, -0.1) is 11.3 Å². The molecule has 0 radical (unpaired) electrons. The average Bonchev–Trinajstić information content (AvgIpc) is 3.30. The number of thiazole rings is 1. The Balaban J connectivity index is 1.22. The summed E-state index contributed by atoms with van der Waals surface area (Å²) in [6.07, 6.45) is 2.52. The number of carbonyl (C=O) groups is 1. The first-order valence-corrected chi connectivity index (χ1v) is 13.0. The first kappa shape index (κ1) is 23.1. The van der Waals surface area contributed by atoms with Gasteiger partial charge in [0.25, 0.3) is 0 Å². The molecule has 2 N–H and O–H groups in total. The van der Waals surface area contributed by atoms with Crippen LogP contribution in [0.4, 0.5) is 5.69 Å². The van der Waals surface area contributed by atoms with E-state index in [4.69, 9.17) is 0 Å². The fourth-order valence-corrected chi connectivity index (χ4v) is 5.69. The molecule has 0 unspecified atom stereocenters. The number of phenolic OH excluding ortho intramolecular Hbond substituents is 1. The van der Waals surface area contributed by atoms with Crippen LogP contribution < -0.4 is 5.32 Å². The number of aromatic nitrogens is 1. The second-order valence-corrected chi connectivity index (χ2v) is 10.2.